The van der Waals surface area contributed by atoms with Crippen molar-refractivity contribution in [3.63, 3.8) is 0 Å². The molecule has 0 aliphatic carbocycles. The van der Waals surface area contributed by atoms with Gasteiger partial charge in [0.1, 0.15) is 17.3 Å². The number of hydrogen-bond acceptors (Lipinski definition) is 2. The number of benzene rings is 2. The van der Waals surface area contributed by atoms with E-state index in [-0.39, 0.29) is 18.2 Å². The molecule has 0 amide bonds. The molecule has 0 unspecified atom stereocenters. The van der Waals surface area contributed by atoms with Crippen LogP contribution in [0.2, 0.25) is 10.0 Å². The Morgan fingerprint density at radius 2 is 1.80 bits per heavy atom. The zero-order chi connectivity index (χ0) is 16.9. The molecule has 2 aromatic carbocycles. The van der Waals surface area contributed by atoms with Gasteiger partial charge in [0.25, 0.3) is 0 Å². The van der Waals surface area contributed by atoms with Crippen molar-refractivity contribution in [1.82, 2.24) is 5.32 Å². The lowest BCUT2D eigenvalue weighted by molar-refractivity contribution is 0.493. The zero-order valence-corrected chi connectivity index (χ0v) is 15.6. The molecule has 132 valence electrons. The van der Waals surface area contributed by atoms with Crippen LogP contribution in [-0.2, 0) is 13.0 Å². The largest absolute Gasteiger partial charge is 0.460 e. The molecule has 0 fully saturated rings. The third-order valence-electron chi connectivity index (χ3n) is 3.69. The molecule has 1 N–H and O–H groups in total. The predicted molar refractivity (Wildman–Crippen MR) is 103 cm³/mol. The molecule has 0 bridgehead atoms. The number of halogens is 4. The summed E-state index contributed by atoms with van der Waals surface area (Å²) in [6.07, 6.45) is 0.628. The van der Waals surface area contributed by atoms with Crippen molar-refractivity contribution in [3.8, 4) is 11.3 Å². The first-order valence-electron chi connectivity index (χ1n) is 7.62. The second-order valence-corrected chi connectivity index (χ2v) is 6.25. The van der Waals surface area contributed by atoms with Crippen LogP contribution < -0.4 is 5.32 Å². The maximum Gasteiger partial charge on any atom is 0.135 e. The quantitative estimate of drug-likeness (QED) is 0.502. The summed E-state index contributed by atoms with van der Waals surface area (Å²) < 4.78 is 19.3. The lowest BCUT2D eigenvalue weighted by Gasteiger charge is -2.05. The van der Waals surface area contributed by atoms with Crippen molar-refractivity contribution in [1.29, 1.82) is 0 Å². The van der Waals surface area contributed by atoms with Gasteiger partial charge in [-0.15, -0.1) is 12.4 Å². The van der Waals surface area contributed by atoms with E-state index in [0.29, 0.717) is 40.9 Å². The molecule has 0 radical (unpaired) electrons. The lowest BCUT2D eigenvalue weighted by atomic mass is 10.1. The normalized spacial score (nSPS) is 10.5. The van der Waals surface area contributed by atoms with Crippen LogP contribution in [0.5, 0.6) is 0 Å². The topological polar surface area (TPSA) is 25.2 Å². The summed E-state index contributed by atoms with van der Waals surface area (Å²) in [4.78, 5) is 0. The smallest absolute Gasteiger partial charge is 0.135 e. The van der Waals surface area contributed by atoms with E-state index >= 15 is 0 Å². The SMILES string of the molecule is Cl.Fc1ccccc1CCNCc1ccc(-c2ccc(Cl)cc2Cl)o1. The van der Waals surface area contributed by atoms with Crippen LogP contribution in [0.25, 0.3) is 11.3 Å². The molecule has 0 saturated carbocycles. The van der Waals surface area contributed by atoms with Gasteiger partial charge in [0, 0.05) is 10.6 Å². The van der Waals surface area contributed by atoms with E-state index in [4.69, 9.17) is 27.6 Å². The fourth-order valence-corrected chi connectivity index (χ4v) is 2.94. The van der Waals surface area contributed by atoms with E-state index in [1.165, 1.54) is 6.07 Å². The highest BCUT2D eigenvalue weighted by Crippen LogP contribution is 2.31. The minimum Gasteiger partial charge on any atom is -0.460 e. The second kappa shape index (κ2) is 9.25. The number of hydrogen-bond donors (Lipinski definition) is 1. The summed E-state index contributed by atoms with van der Waals surface area (Å²) in [5.74, 6) is 1.32. The minimum atomic E-state index is -0.169. The van der Waals surface area contributed by atoms with Gasteiger partial charge in [0.05, 0.1) is 11.6 Å². The van der Waals surface area contributed by atoms with Gasteiger partial charge in [-0.2, -0.15) is 0 Å². The van der Waals surface area contributed by atoms with Crippen molar-refractivity contribution in [2.24, 2.45) is 0 Å². The van der Waals surface area contributed by atoms with E-state index < -0.39 is 0 Å². The Morgan fingerprint density at radius 1 is 1.00 bits per heavy atom. The fourth-order valence-electron chi connectivity index (χ4n) is 2.44. The molecule has 1 heterocycles. The van der Waals surface area contributed by atoms with E-state index in [2.05, 4.69) is 5.32 Å². The van der Waals surface area contributed by atoms with Crippen molar-refractivity contribution < 1.29 is 8.81 Å². The highest BCUT2D eigenvalue weighted by molar-refractivity contribution is 6.36. The van der Waals surface area contributed by atoms with E-state index in [1.807, 2.05) is 24.3 Å². The van der Waals surface area contributed by atoms with Crippen LogP contribution in [0.1, 0.15) is 11.3 Å². The van der Waals surface area contributed by atoms with Crippen molar-refractivity contribution in [2.75, 3.05) is 6.54 Å². The Morgan fingerprint density at radius 3 is 2.56 bits per heavy atom. The summed E-state index contributed by atoms with van der Waals surface area (Å²) in [6.45, 7) is 1.23. The Labute approximate surface area is 162 Å². The van der Waals surface area contributed by atoms with Gasteiger partial charge in [-0.1, -0.05) is 41.4 Å². The summed E-state index contributed by atoms with van der Waals surface area (Å²) >= 11 is 12.1. The van der Waals surface area contributed by atoms with Gasteiger partial charge in [0.2, 0.25) is 0 Å². The molecule has 3 aromatic rings. The van der Waals surface area contributed by atoms with Crippen molar-refractivity contribution in [2.45, 2.75) is 13.0 Å². The average molecular weight is 401 g/mol. The predicted octanol–water partition coefficient (Wildman–Crippen LogP) is 6.15. The molecule has 0 aliphatic rings. The van der Waals surface area contributed by atoms with Gasteiger partial charge in [0.15, 0.2) is 0 Å². The highest BCUT2D eigenvalue weighted by atomic mass is 35.5. The first-order chi connectivity index (χ1) is 11.6. The molecule has 0 spiro atoms. The Balaban J connectivity index is 0.00000225. The Hall–Kier alpha value is -1.52. The number of rotatable bonds is 6. The van der Waals surface area contributed by atoms with Crippen LogP contribution in [0.4, 0.5) is 4.39 Å². The van der Waals surface area contributed by atoms with Crippen LogP contribution >= 0.6 is 35.6 Å². The zero-order valence-electron chi connectivity index (χ0n) is 13.3. The molecule has 25 heavy (non-hydrogen) atoms. The molecule has 1 aromatic heterocycles. The van der Waals surface area contributed by atoms with Gasteiger partial charge >= 0.3 is 0 Å². The maximum atomic E-state index is 13.5. The molecule has 6 heteroatoms. The van der Waals surface area contributed by atoms with Gasteiger partial charge in [-0.05, 0) is 54.9 Å². The molecular weight excluding hydrogens is 384 g/mol. The average Bonchev–Trinajstić information content (AvgIpc) is 3.01. The van der Waals surface area contributed by atoms with Gasteiger partial charge in [-0.25, -0.2) is 4.39 Å². The lowest BCUT2D eigenvalue weighted by Crippen LogP contribution is -2.16. The monoisotopic (exact) mass is 399 g/mol. The maximum absolute atomic E-state index is 13.5. The van der Waals surface area contributed by atoms with E-state index in [0.717, 1.165) is 11.3 Å². The summed E-state index contributed by atoms with van der Waals surface area (Å²) in [5.41, 5.74) is 1.51. The van der Waals surface area contributed by atoms with E-state index in [1.54, 1.807) is 24.3 Å². The van der Waals surface area contributed by atoms with E-state index in [9.17, 15) is 4.39 Å². The molecule has 2 nitrogen and oxygen atoms in total. The highest BCUT2D eigenvalue weighted by Gasteiger charge is 2.09. The molecule has 0 atom stereocenters. The first-order valence-corrected chi connectivity index (χ1v) is 8.37. The third-order valence-corrected chi connectivity index (χ3v) is 4.23. The summed E-state index contributed by atoms with van der Waals surface area (Å²) in [7, 11) is 0. The molecule has 0 saturated heterocycles. The summed E-state index contributed by atoms with van der Waals surface area (Å²) in [6, 6.07) is 15.9. The van der Waals surface area contributed by atoms with Crippen LogP contribution in [0.3, 0.4) is 0 Å². The van der Waals surface area contributed by atoms with Crippen LogP contribution in [0, 0.1) is 5.82 Å². The molecular formula is C19H17Cl3FNO. The number of nitrogens with one attached hydrogen (secondary N) is 1. The summed E-state index contributed by atoms with van der Waals surface area (Å²) in [5, 5.41) is 4.39. The van der Waals surface area contributed by atoms with Crippen LogP contribution in [-0.4, -0.2) is 6.54 Å². The van der Waals surface area contributed by atoms with Crippen molar-refractivity contribution >= 4 is 35.6 Å². The molecule has 0 aliphatic heterocycles. The minimum absolute atomic E-state index is 0. The first kappa shape index (κ1) is 19.8. The fraction of sp³-hybridized carbons (Fsp3) is 0.158. The Kier molecular flexibility index (Phi) is 7.33. The second-order valence-electron chi connectivity index (χ2n) is 5.41. The van der Waals surface area contributed by atoms with Crippen molar-refractivity contribution in [3.05, 3.63) is 81.8 Å². The molecule has 3 rings (SSSR count). The number of furan rings is 1. The van der Waals surface area contributed by atoms with Gasteiger partial charge < -0.3 is 9.73 Å². The third kappa shape index (κ3) is 5.23. The Bertz CT molecular complexity index is 835. The van der Waals surface area contributed by atoms with Crippen LogP contribution in [0.15, 0.2) is 59.0 Å². The standard InChI is InChI=1S/C19H16Cl2FNO.ClH/c20-14-5-7-16(17(21)11-14)19-8-6-15(24-19)12-23-10-9-13-3-1-2-4-18(13)22;/h1-8,11,23H,9-10,12H2;1H. The van der Waals surface area contributed by atoms with Gasteiger partial charge in [-0.3, -0.25) is 0 Å².